The third kappa shape index (κ3) is 4.95. The normalized spacial score (nSPS) is 14.3. The minimum absolute atomic E-state index is 0.100. The van der Waals surface area contributed by atoms with Crippen molar-refractivity contribution in [1.82, 2.24) is 0 Å². The summed E-state index contributed by atoms with van der Waals surface area (Å²) in [4.78, 5) is 15.3. The molecule has 1 unspecified atom stereocenters. The van der Waals surface area contributed by atoms with Crippen LogP contribution in [0, 0.1) is 10.8 Å². The van der Waals surface area contributed by atoms with Crippen molar-refractivity contribution in [2.45, 2.75) is 46.6 Å². The van der Waals surface area contributed by atoms with Crippen LogP contribution in [0.25, 0.3) is 0 Å². The first-order valence-electron chi connectivity index (χ1n) is 7.58. The van der Waals surface area contributed by atoms with Crippen molar-refractivity contribution in [3.63, 3.8) is 0 Å². The molecule has 0 saturated carbocycles. The molecule has 0 radical (unpaired) electrons. The fourth-order valence-electron chi connectivity index (χ4n) is 2.76. The van der Waals surface area contributed by atoms with Gasteiger partial charge in [-0.15, -0.1) is 0 Å². The first-order chi connectivity index (χ1) is 10.1. The molecular formula is C18H28N2O2. The van der Waals surface area contributed by atoms with Gasteiger partial charge in [0.2, 0.25) is 0 Å². The van der Waals surface area contributed by atoms with Crippen LogP contribution in [0.4, 0.5) is 0 Å². The van der Waals surface area contributed by atoms with E-state index in [0.717, 1.165) is 17.5 Å². The van der Waals surface area contributed by atoms with E-state index in [1.165, 1.54) is 0 Å². The molecule has 0 aliphatic heterocycles. The summed E-state index contributed by atoms with van der Waals surface area (Å²) in [5.74, 6) is -0.781. The fourth-order valence-corrected chi connectivity index (χ4v) is 2.76. The number of benzene rings is 1. The Morgan fingerprint density at radius 1 is 1.27 bits per heavy atom. The van der Waals surface area contributed by atoms with Gasteiger partial charge in [0.15, 0.2) is 0 Å². The molecule has 0 aliphatic rings. The average Bonchev–Trinajstić information content (AvgIpc) is 2.40. The molecule has 4 heteroatoms. The van der Waals surface area contributed by atoms with Gasteiger partial charge in [0, 0.05) is 19.3 Å². The molecule has 1 rings (SSSR count). The van der Waals surface area contributed by atoms with Crippen molar-refractivity contribution in [2.75, 3.05) is 7.05 Å². The van der Waals surface area contributed by atoms with Crippen LogP contribution in [0.5, 0.6) is 0 Å². The lowest BCUT2D eigenvalue weighted by molar-refractivity contribution is -0.148. The van der Waals surface area contributed by atoms with Crippen LogP contribution in [0.2, 0.25) is 0 Å². The molecule has 0 bridgehead atoms. The van der Waals surface area contributed by atoms with Crippen LogP contribution in [0.15, 0.2) is 29.3 Å². The number of hydrogen-bond acceptors (Lipinski definition) is 3. The summed E-state index contributed by atoms with van der Waals surface area (Å²) in [6, 6.07) is 8.04. The quantitative estimate of drug-likeness (QED) is 0.760. The third-order valence-corrected chi connectivity index (χ3v) is 4.19. The second-order valence-electron chi connectivity index (χ2n) is 7.29. The summed E-state index contributed by atoms with van der Waals surface area (Å²) in [6.07, 6.45) is 3.08. The molecule has 1 atom stereocenters. The van der Waals surface area contributed by atoms with Gasteiger partial charge in [-0.2, -0.15) is 0 Å². The highest BCUT2D eigenvalue weighted by molar-refractivity contribution is 5.79. The molecule has 0 amide bonds. The summed E-state index contributed by atoms with van der Waals surface area (Å²) >= 11 is 0. The van der Waals surface area contributed by atoms with Crippen molar-refractivity contribution < 1.29 is 9.90 Å². The summed E-state index contributed by atoms with van der Waals surface area (Å²) in [7, 11) is 1.75. The minimum atomic E-state index is -0.781. The Morgan fingerprint density at radius 3 is 2.27 bits per heavy atom. The van der Waals surface area contributed by atoms with Crippen molar-refractivity contribution >= 4 is 12.2 Å². The van der Waals surface area contributed by atoms with E-state index in [4.69, 9.17) is 5.73 Å². The second-order valence-corrected chi connectivity index (χ2v) is 7.29. The predicted octanol–water partition coefficient (Wildman–Crippen LogP) is 3.13. The van der Waals surface area contributed by atoms with Gasteiger partial charge in [-0.05, 0) is 43.2 Å². The zero-order chi connectivity index (χ0) is 17.0. The molecule has 1 aromatic carbocycles. The smallest absolute Gasteiger partial charge is 0.309 e. The van der Waals surface area contributed by atoms with Crippen molar-refractivity contribution in [2.24, 2.45) is 21.6 Å². The van der Waals surface area contributed by atoms with E-state index >= 15 is 0 Å². The molecule has 0 aliphatic carbocycles. The number of carboxylic acids is 1. The maximum Gasteiger partial charge on any atom is 0.309 e. The van der Waals surface area contributed by atoms with Crippen LogP contribution < -0.4 is 5.73 Å². The second kappa shape index (κ2) is 7.05. The number of nitrogens with zero attached hydrogens (tertiary/aromatic N) is 1. The lowest BCUT2D eigenvalue weighted by Gasteiger charge is -2.37. The molecule has 3 N–H and O–H groups in total. The highest BCUT2D eigenvalue weighted by Gasteiger charge is 2.37. The molecule has 22 heavy (non-hydrogen) atoms. The standard InChI is InChI=1S/C18H28N2O2/c1-17(2,12-18(3,4)16(21)22)15(19)10-13-6-8-14(9-7-13)11-20-5/h6-9,11,15H,10,12,19H2,1-5H3,(H,21,22). The van der Waals surface area contributed by atoms with Crippen LogP contribution in [-0.4, -0.2) is 30.4 Å². The van der Waals surface area contributed by atoms with Gasteiger partial charge in [0.1, 0.15) is 0 Å². The number of hydrogen-bond donors (Lipinski definition) is 2. The number of carbonyl (C=O) groups is 1. The van der Waals surface area contributed by atoms with Crippen LogP contribution in [0.3, 0.4) is 0 Å². The minimum Gasteiger partial charge on any atom is -0.481 e. The monoisotopic (exact) mass is 304 g/mol. The Morgan fingerprint density at radius 2 is 1.82 bits per heavy atom. The van der Waals surface area contributed by atoms with E-state index in [9.17, 15) is 9.90 Å². The van der Waals surface area contributed by atoms with Crippen LogP contribution >= 0.6 is 0 Å². The van der Waals surface area contributed by atoms with E-state index < -0.39 is 11.4 Å². The zero-order valence-electron chi connectivity index (χ0n) is 14.3. The summed E-state index contributed by atoms with van der Waals surface area (Å²) in [5.41, 5.74) is 7.55. The van der Waals surface area contributed by atoms with Gasteiger partial charge in [-0.25, -0.2) is 0 Å². The molecule has 4 nitrogen and oxygen atoms in total. The Hall–Kier alpha value is -1.68. The van der Waals surface area contributed by atoms with Crippen molar-refractivity contribution in [1.29, 1.82) is 0 Å². The summed E-state index contributed by atoms with van der Waals surface area (Å²) < 4.78 is 0. The summed E-state index contributed by atoms with van der Waals surface area (Å²) in [5, 5.41) is 9.30. The Bertz CT molecular complexity index is 531. The lowest BCUT2D eigenvalue weighted by Crippen LogP contribution is -2.43. The van der Waals surface area contributed by atoms with Crippen molar-refractivity contribution in [3.05, 3.63) is 35.4 Å². The highest BCUT2D eigenvalue weighted by Crippen LogP contribution is 2.36. The maximum absolute atomic E-state index is 11.3. The SMILES string of the molecule is CN=Cc1ccc(CC(N)C(C)(C)CC(C)(C)C(=O)O)cc1. The zero-order valence-corrected chi connectivity index (χ0v) is 14.3. The van der Waals surface area contributed by atoms with E-state index in [-0.39, 0.29) is 11.5 Å². The topological polar surface area (TPSA) is 75.7 Å². The number of carboxylic acid groups (broad SMARTS) is 1. The Labute approximate surface area is 133 Å². The van der Waals surface area contributed by atoms with Crippen molar-refractivity contribution in [3.8, 4) is 0 Å². The van der Waals surface area contributed by atoms with Crippen LogP contribution in [0.1, 0.15) is 45.2 Å². The largest absolute Gasteiger partial charge is 0.481 e. The molecule has 0 heterocycles. The van der Waals surface area contributed by atoms with E-state index in [1.54, 1.807) is 20.9 Å². The average molecular weight is 304 g/mol. The highest BCUT2D eigenvalue weighted by atomic mass is 16.4. The molecule has 0 fully saturated rings. The maximum atomic E-state index is 11.3. The first kappa shape index (κ1) is 18.4. The Kier molecular flexibility index (Phi) is 5.89. The molecule has 122 valence electrons. The van der Waals surface area contributed by atoms with Gasteiger partial charge < -0.3 is 10.8 Å². The number of rotatable bonds is 7. The fraction of sp³-hybridized carbons (Fsp3) is 0.556. The van der Waals surface area contributed by atoms with Gasteiger partial charge in [-0.1, -0.05) is 38.1 Å². The molecule has 0 spiro atoms. The molecule has 0 saturated heterocycles. The van der Waals surface area contributed by atoms with Gasteiger partial charge in [0.05, 0.1) is 5.41 Å². The molecule has 1 aromatic rings. The third-order valence-electron chi connectivity index (χ3n) is 4.19. The molecular weight excluding hydrogens is 276 g/mol. The first-order valence-corrected chi connectivity index (χ1v) is 7.58. The predicted molar refractivity (Wildman–Crippen MR) is 91.5 cm³/mol. The van der Waals surface area contributed by atoms with Gasteiger partial charge >= 0.3 is 5.97 Å². The Balaban J connectivity index is 2.77. The van der Waals surface area contributed by atoms with Crippen LogP contribution in [-0.2, 0) is 11.2 Å². The van der Waals surface area contributed by atoms with Gasteiger partial charge in [-0.3, -0.25) is 9.79 Å². The number of aliphatic imine (C=N–C) groups is 1. The number of nitrogens with two attached hydrogens (primary N) is 1. The van der Waals surface area contributed by atoms with E-state index in [0.29, 0.717) is 6.42 Å². The van der Waals surface area contributed by atoms with E-state index in [2.05, 4.69) is 17.1 Å². The lowest BCUT2D eigenvalue weighted by atomic mass is 9.70. The number of aliphatic carboxylic acids is 1. The molecule has 0 aromatic heterocycles. The van der Waals surface area contributed by atoms with Gasteiger partial charge in [0.25, 0.3) is 0 Å². The van der Waals surface area contributed by atoms with E-state index in [1.807, 2.05) is 32.2 Å². The summed E-state index contributed by atoms with van der Waals surface area (Å²) in [6.45, 7) is 7.59.